The fraction of sp³-hybridized carbons (Fsp3) is 0.143. The summed E-state index contributed by atoms with van der Waals surface area (Å²) in [6.07, 6.45) is 0. The molecule has 130 valence electrons. The molecule has 0 aliphatic carbocycles. The van der Waals surface area contributed by atoms with E-state index in [0.717, 1.165) is 33.5 Å². The molecule has 2 aromatic carbocycles. The monoisotopic (exact) mass is 346 g/mol. The molecule has 4 rings (SSSR count). The number of benzene rings is 2. The average Bonchev–Trinajstić information content (AvgIpc) is 3.12. The molecule has 0 atom stereocenters. The molecule has 4 aromatic rings. The van der Waals surface area contributed by atoms with E-state index in [1.165, 1.54) is 0 Å². The topological polar surface area (TPSA) is 68.3 Å². The van der Waals surface area contributed by atoms with Crippen LogP contribution in [0.1, 0.15) is 28.7 Å². The second-order valence-corrected chi connectivity index (χ2v) is 6.35. The number of Topliss-reactive ketones (excluding diaryl/α,β-unsaturated/α-hetero) is 1. The molecule has 2 aromatic heterocycles. The molecule has 0 radical (unpaired) electrons. The molecule has 0 unspecified atom stereocenters. The second kappa shape index (κ2) is 5.88. The minimum absolute atomic E-state index is 0.0197. The van der Waals surface area contributed by atoms with Crippen LogP contribution in [0.4, 0.5) is 0 Å². The summed E-state index contributed by atoms with van der Waals surface area (Å²) in [6.45, 7) is 5.29. The van der Waals surface area contributed by atoms with Gasteiger partial charge in [-0.1, -0.05) is 23.4 Å². The molecule has 0 bridgehead atoms. The van der Waals surface area contributed by atoms with E-state index in [-0.39, 0.29) is 11.5 Å². The van der Waals surface area contributed by atoms with E-state index in [0.29, 0.717) is 11.3 Å². The predicted molar refractivity (Wildman–Crippen MR) is 99.9 cm³/mol. The lowest BCUT2D eigenvalue weighted by Crippen LogP contribution is -2.02. The first-order valence-corrected chi connectivity index (χ1v) is 8.36. The number of aromatic nitrogens is 2. The molecule has 0 aliphatic rings. The summed E-state index contributed by atoms with van der Waals surface area (Å²) in [5.74, 6) is 0.831. The number of aromatic hydroxyl groups is 1. The zero-order chi connectivity index (χ0) is 18.4. The lowest BCUT2D eigenvalue weighted by molar-refractivity contribution is 0.102. The molecule has 1 N–H and O–H groups in total. The second-order valence-electron chi connectivity index (χ2n) is 6.35. The molecule has 0 saturated heterocycles. The van der Waals surface area contributed by atoms with Crippen LogP contribution < -0.4 is 0 Å². The molecule has 0 amide bonds. The van der Waals surface area contributed by atoms with Gasteiger partial charge < -0.3 is 14.2 Å². The van der Waals surface area contributed by atoms with Gasteiger partial charge >= 0.3 is 0 Å². The number of fused-ring (bicyclic) bond motifs is 1. The molecule has 0 fully saturated rings. The Morgan fingerprint density at radius 3 is 2.38 bits per heavy atom. The van der Waals surface area contributed by atoms with Crippen molar-refractivity contribution < 1.29 is 14.4 Å². The summed E-state index contributed by atoms with van der Waals surface area (Å²) >= 11 is 0. The van der Waals surface area contributed by atoms with Gasteiger partial charge in [0, 0.05) is 11.1 Å². The highest BCUT2D eigenvalue weighted by molar-refractivity contribution is 6.13. The van der Waals surface area contributed by atoms with Gasteiger partial charge in [-0.05, 0) is 51.1 Å². The Bertz CT molecular complexity index is 1110. The third-order valence-electron chi connectivity index (χ3n) is 4.60. The highest BCUT2D eigenvalue weighted by Crippen LogP contribution is 2.39. The highest BCUT2D eigenvalue weighted by atomic mass is 16.5. The molecule has 0 aliphatic heterocycles. The van der Waals surface area contributed by atoms with Crippen LogP contribution in [0.25, 0.3) is 27.8 Å². The first-order valence-electron chi connectivity index (χ1n) is 8.36. The molecule has 0 saturated carbocycles. The van der Waals surface area contributed by atoms with Crippen molar-refractivity contribution in [3.05, 3.63) is 65.5 Å². The molecular formula is C21H18N2O3. The molecule has 2 heterocycles. The minimum Gasteiger partial charge on any atom is -0.508 e. The largest absolute Gasteiger partial charge is 0.508 e. The van der Waals surface area contributed by atoms with Crippen molar-refractivity contribution in [2.24, 2.45) is 0 Å². The maximum atomic E-state index is 12.6. The smallest absolute Gasteiger partial charge is 0.162 e. The number of carbonyl (C=O) groups is 1. The number of carbonyl (C=O) groups excluding carboxylic acids is 1. The van der Waals surface area contributed by atoms with Crippen molar-refractivity contribution in [2.75, 3.05) is 0 Å². The van der Waals surface area contributed by atoms with Crippen molar-refractivity contribution in [2.45, 2.75) is 20.8 Å². The first kappa shape index (κ1) is 16.1. The van der Waals surface area contributed by atoms with Gasteiger partial charge in [0.05, 0.1) is 28.0 Å². The molecule has 5 nitrogen and oxygen atoms in total. The molecule has 5 heteroatoms. The predicted octanol–water partition coefficient (Wildman–Crippen LogP) is 4.81. The van der Waals surface area contributed by atoms with Gasteiger partial charge in [-0.3, -0.25) is 4.79 Å². The van der Waals surface area contributed by atoms with Crippen LogP contribution in [0.5, 0.6) is 5.75 Å². The van der Waals surface area contributed by atoms with E-state index in [1.54, 1.807) is 19.1 Å². The standard InChI is InChI=1S/C21H18N2O3/c1-12-19(14(3)26-22-12)21-20(13(2)24)17-6-4-5-7-18(17)23(21)15-8-10-16(25)11-9-15/h4-11,25H,1-3H3. The van der Waals surface area contributed by atoms with Crippen molar-refractivity contribution in [3.8, 4) is 22.7 Å². The maximum Gasteiger partial charge on any atom is 0.162 e. The van der Waals surface area contributed by atoms with Crippen LogP contribution in [0.15, 0.2) is 53.1 Å². The molecular weight excluding hydrogens is 328 g/mol. The summed E-state index contributed by atoms with van der Waals surface area (Å²) < 4.78 is 7.40. The molecule has 0 spiro atoms. The summed E-state index contributed by atoms with van der Waals surface area (Å²) in [5.41, 5.74) is 4.72. The Morgan fingerprint density at radius 2 is 1.77 bits per heavy atom. The van der Waals surface area contributed by atoms with Crippen LogP contribution in [0.2, 0.25) is 0 Å². The van der Waals surface area contributed by atoms with Gasteiger partial charge in [-0.2, -0.15) is 0 Å². The summed E-state index contributed by atoms with van der Waals surface area (Å²) in [6, 6.07) is 14.7. The number of para-hydroxylation sites is 1. The summed E-state index contributed by atoms with van der Waals surface area (Å²) in [7, 11) is 0. The molecule has 26 heavy (non-hydrogen) atoms. The van der Waals surface area contributed by atoms with Gasteiger partial charge in [-0.15, -0.1) is 0 Å². The number of phenolic OH excluding ortho intramolecular Hbond substituents is 1. The number of hydrogen-bond acceptors (Lipinski definition) is 4. The van der Waals surface area contributed by atoms with Gasteiger partial charge in [0.25, 0.3) is 0 Å². The number of ketones is 1. The summed E-state index contributed by atoms with van der Waals surface area (Å²) in [4.78, 5) is 12.6. The van der Waals surface area contributed by atoms with Gasteiger partial charge in [0.1, 0.15) is 11.5 Å². The Labute approximate surface area is 150 Å². The third-order valence-corrected chi connectivity index (χ3v) is 4.60. The third kappa shape index (κ3) is 2.32. The van der Waals surface area contributed by atoms with Gasteiger partial charge in [0.2, 0.25) is 0 Å². The lowest BCUT2D eigenvalue weighted by Gasteiger charge is -2.12. The van der Waals surface area contributed by atoms with Crippen molar-refractivity contribution in [1.29, 1.82) is 0 Å². The van der Waals surface area contributed by atoms with E-state index in [1.807, 2.05) is 54.8 Å². The van der Waals surface area contributed by atoms with Crippen LogP contribution in [-0.2, 0) is 0 Å². The minimum atomic E-state index is -0.0197. The van der Waals surface area contributed by atoms with E-state index in [2.05, 4.69) is 5.16 Å². The quantitative estimate of drug-likeness (QED) is 0.541. The summed E-state index contributed by atoms with van der Waals surface area (Å²) in [5, 5.41) is 14.6. The van der Waals surface area contributed by atoms with E-state index in [9.17, 15) is 9.90 Å². The Balaban J connectivity index is 2.21. The van der Waals surface area contributed by atoms with Crippen molar-refractivity contribution >= 4 is 16.7 Å². The zero-order valence-electron chi connectivity index (χ0n) is 14.8. The fourth-order valence-corrected chi connectivity index (χ4v) is 3.52. The number of hydrogen-bond donors (Lipinski definition) is 1. The lowest BCUT2D eigenvalue weighted by atomic mass is 10.0. The van der Waals surface area contributed by atoms with Gasteiger partial charge in [-0.25, -0.2) is 0 Å². The van der Waals surface area contributed by atoms with Crippen LogP contribution in [0.3, 0.4) is 0 Å². The number of nitrogens with zero attached hydrogens (tertiary/aromatic N) is 2. The SMILES string of the molecule is CC(=O)c1c(-c2c(C)noc2C)n(-c2ccc(O)cc2)c2ccccc12. The zero-order valence-corrected chi connectivity index (χ0v) is 14.8. The normalized spacial score (nSPS) is 11.2. The number of phenols is 1. The van der Waals surface area contributed by atoms with Crippen LogP contribution >= 0.6 is 0 Å². The highest BCUT2D eigenvalue weighted by Gasteiger charge is 2.26. The van der Waals surface area contributed by atoms with Crippen molar-refractivity contribution in [1.82, 2.24) is 9.72 Å². The van der Waals surface area contributed by atoms with Crippen LogP contribution in [-0.4, -0.2) is 20.6 Å². The maximum absolute atomic E-state index is 12.6. The number of aryl methyl sites for hydroxylation is 2. The Hall–Kier alpha value is -3.34. The Kier molecular flexibility index (Phi) is 3.65. The first-order chi connectivity index (χ1) is 12.5. The fourth-order valence-electron chi connectivity index (χ4n) is 3.52. The van der Waals surface area contributed by atoms with E-state index < -0.39 is 0 Å². The van der Waals surface area contributed by atoms with Crippen molar-refractivity contribution in [3.63, 3.8) is 0 Å². The average molecular weight is 346 g/mol. The number of rotatable bonds is 3. The Morgan fingerprint density at radius 1 is 1.08 bits per heavy atom. The van der Waals surface area contributed by atoms with Crippen LogP contribution in [0, 0.1) is 13.8 Å². The van der Waals surface area contributed by atoms with E-state index >= 15 is 0 Å². The van der Waals surface area contributed by atoms with Gasteiger partial charge in [0.15, 0.2) is 5.78 Å². The van der Waals surface area contributed by atoms with E-state index in [4.69, 9.17) is 4.52 Å².